The van der Waals surface area contributed by atoms with Crippen molar-refractivity contribution in [2.45, 2.75) is 46.1 Å². The van der Waals surface area contributed by atoms with Crippen molar-refractivity contribution in [3.8, 4) is 5.75 Å². The Labute approximate surface area is 161 Å². The molecular weight excluding hydrogens is 336 g/mol. The highest BCUT2D eigenvalue weighted by Crippen LogP contribution is 2.31. The first-order valence-electron chi connectivity index (χ1n) is 10.0. The Morgan fingerprint density at radius 3 is 2.30 bits per heavy atom. The van der Waals surface area contributed by atoms with Gasteiger partial charge in [0.2, 0.25) is 5.91 Å². The SMILES string of the molecule is CCCCN(CCCC)C(=O)Cn1c2ccccc2c2ccc(OC)cc21. The van der Waals surface area contributed by atoms with Crippen molar-refractivity contribution in [3.63, 3.8) is 0 Å². The fraction of sp³-hybridized carbons (Fsp3) is 0.435. The lowest BCUT2D eigenvalue weighted by Crippen LogP contribution is -2.35. The average molecular weight is 367 g/mol. The summed E-state index contributed by atoms with van der Waals surface area (Å²) in [4.78, 5) is 15.2. The molecule has 1 aromatic heterocycles. The van der Waals surface area contributed by atoms with Crippen LogP contribution >= 0.6 is 0 Å². The molecule has 1 amide bonds. The first-order chi connectivity index (χ1) is 13.2. The van der Waals surface area contributed by atoms with E-state index < -0.39 is 0 Å². The lowest BCUT2D eigenvalue weighted by Gasteiger charge is -2.23. The van der Waals surface area contributed by atoms with Gasteiger partial charge in [0, 0.05) is 35.4 Å². The zero-order chi connectivity index (χ0) is 19.2. The van der Waals surface area contributed by atoms with E-state index in [1.807, 2.05) is 29.2 Å². The maximum absolute atomic E-state index is 13.1. The van der Waals surface area contributed by atoms with Gasteiger partial charge in [0.1, 0.15) is 12.3 Å². The van der Waals surface area contributed by atoms with E-state index >= 15 is 0 Å². The second kappa shape index (κ2) is 8.94. The van der Waals surface area contributed by atoms with Crippen molar-refractivity contribution in [2.24, 2.45) is 0 Å². The number of hydrogen-bond donors (Lipinski definition) is 0. The quantitative estimate of drug-likeness (QED) is 0.519. The van der Waals surface area contributed by atoms with Crippen LogP contribution in [0.3, 0.4) is 0 Å². The molecular formula is C23H30N2O2. The number of para-hydroxylation sites is 1. The highest BCUT2D eigenvalue weighted by atomic mass is 16.5. The van der Waals surface area contributed by atoms with Crippen LogP contribution in [0.1, 0.15) is 39.5 Å². The molecule has 1 heterocycles. The van der Waals surface area contributed by atoms with Crippen molar-refractivity contribution < 1.29 is 9.53 Å². The number of carbonyl (C=O) groups is 1. The summed E-state index contributed by atoms with van der Waals surface area (Å²) in [5.74, 6) is 1.01. The number of hydrogen-bond acceptors (Lipinski definition) is 2. The minimum Gasteiger partial charge on any atom is -0.497 e. The fourth-order valence-electron chi connectivity index (χ4n) is 3.62. The van der Waals surface area contributed by atoms with Crippen LogP contribution in [0, 0.1) is 0 Å². The Balaban J connectivity index is 1.99. The smallest absolute Gasteiger partial charge is 0.242 e. The van der Waals surface area contributed by atoms with Crippen LogP contribution < -0.4 is 4.74 Å². The maximum atomic E-state index is 13.1. The number of aromatic nitrogens is 1. The maximum Gasteiger partial charge on any atom is 0.242 e. The zero-order valence-electron chi connectivity index (χ0n) is 16.7. The molecule has 27 heavy (non-hydrogen) atoms. The summed E-state index contributed by atoms with van der Waals surface area (Å²) in [6.07, 6.45) is 4.30. The summed E-state index contributed by atoms with van der Waals surface area (Å²) in [5.41, 5.74) is 2.15. The standard InChI is InChI=1S/C23H30N2O2/c1-4-6-14-24(15-7-5-2)23(26)17-25-21-11-9-8-10-19(21)20-13-12-18(27-3)16-22(20)25/h8-13,16H,4-7,14-15,17H2,1-3H3. The van der Waals surface area contributed by atoms with E-state index in [0.29, 0.717) is 6.54 Å². The molecule has 0 atom stereocenters. The normalized spacial score (nSPS) is 11.2. The molecule has 0 aliphatic rings. The summed E-state index contributed by atoms with van der Waals surface area (Å²) in [6.45, 7) is 6.39. The number of unbranched alkanes of at least 4 members (excludes halogenated alkanes) is 2. The van der Waals surface area contributed by atoms with Gasteiger partial charge in [0.15, 0.2) is 0 Å². The molecule has 0 spiro atoms. The van der Waals surface area contributed by atoms with E-state index in [1.165, 1.54) is 5.39 Å². The highest BCUT2D eigenvalue weighted by molar-refractivity contribution is 6.09. The van der Waals surface area contributed by atoms with Crippen molar-refractivity contribution >= 4 is 27.7 Å². The average Bonchev–Trinajstić information content (AvgIpc) is 3.01. The third kappa shape index (κ3) is 4.10. The van der Waals surface area contributed by atoms with Crippen LogP contribution in [0.25, 0.3) is 21.8 Å². The van der Waals surface area contributed by atoms with Gasteiger partial charge in [0.25, 0.3) is 0 Å². The molecule has 0 saturated heterocycles. The number of methoxy groups -OCH3 is 1. The lowest BCUT2D eigenvalue weighted by molar-refractivity contribution is -0.131. The van der Waals surface area contributed by atoms with Crippen LogP contribution in [-0.2, 0) is 11.3 Å². The number of benzene rings is 2. The molecule has 0 radical (unpaired) electrons. The van der Waals surface area contributed by atoms with Gasteiger partial charge in [0.05, 0.1) is 12.6 Å². The second-order valence-corrected chi connectivity index (χ2v) is 7.07. The molecule has 0 bridgehead atoms. The Morgan fingerprint density at radius 2 is 1.63 bits per heavy atom. The molecule has 0 saturated carbocycles. The van der Waals surface area contributed by atoms with Crippen LogP contribution in [0.4, 0.5) is 0 Å². The van der Waals surface area contributed by atoms with E-state index in [9.17, 15) is 4.79 Å². The van der Waals surface area contributed by atoms with E-state index in [-0.39, 0.29) is 5.91 Å². The van der Waals surface area contributed by atoms with Crippen molar-refractivity contribution in [3.05, 3.63) is 42.5 Å². The molecule has 0 aliphatic carbocycles. The number of amides is 1. The Kier molecular flexibility index (Phi) is 6.38. The number of rotatable bonds is 9. The van der Waals surface area contributed by atoms with Gasteiger partial charge in [-0.25, -0.2) is 0 Å². The van der Waals surface area contributed by atoms with Crippen molar-refractivity contribution in [2.75, 3.05) is 20.2 Å². The first kappa shape index (κ1) is 19.3. The minimum atomic E-state index is 0.197. The molecule has 0 unspecified atom stereocenters. The van der Waals surface area contributed by atoms with Crippen LogP contribution in [0.15, 0.2) is 42.5 Å². The van der Waals surface area contributed by atoms with Gasteiger partial charge in [-0.05, 0) is 31.0 Å². The summed E-state index contributed by atoms with van der Waals surface area (Å²) >= 11 is 0. The van der Waals surface area contributed by atoms with Crippen LogP contribution in [0.2, 0.25) is 0 Å². The molecule has 0 fully saturated rings. The Morgan fingerprint density at radius 1 is 0.963 bits per heavy atom. The Hall–Kier alpha value is -2.49. The number of fused-ring (bicyclic) bond motifs is 3. The van der Waals surface area contributed by atoms with Crippen molar-refractivity contribution in [1.29, 1.82) is 0 Å². The minimum absolute atomic E-state index is 0.197. The third-order valence-corrected chi connectivity index (χ3v) is 5.19. The first-order valence-corrected chi connectivity index (χ1v) is 10.0. The second-order valence-electron chi connectivity index (χ2n) is 7.07. The molecule has 4 nitrogen and oxygen atoms in total. The van der Waals surface area contributed by atoms with E-state index in [0.717, 1.165) is 60.9 Å². The molecule has 3 aromatic rings. The molecule has 2 aromatic carbocycles. The van der Waals surface area contributed by atoms with Gasteiger partial charge in [-0.3, -0.25) is 4.79 Å². The van der Waals surface area contributed by atoms with Crippen molar-refractivity contribution in [1.82, 2.24) is 9.47 Å². The summed E-state index contributed by atoms with van der Waals surface area (Å²) in [6, 6.07) is 14.4. The summed E-state index contributed by atoms with van der Waals surface area (Å²) < 4.78 is 7.56. The summed E-state index contributed by atoms with van der Waals surface area (Å²) in [7, 11) is 1.68. The van der Waals surface area contributed by atoms with E-state index in [4.69, 9.17) is 4.74 Å². The largest absolute Gasteiger partial charge is 0.497 e. The molecule has 0 N–H and O–H groups in total. The van der Waals surface area contributed by atoms with Gasteiger partial charge in [-0.1, -0.05) is 44.9 Å². The number of nitrogens with zero attached hydrogens (tertiary/aromatic N) is 2. The van der Waals surface area contributed by atoms with E-state index in [1.54, 1.807) is 7.11 Å². The monoisotopic (exact) mass is 366 g/mol. The van der Waals surface area contributed by atoms with Gasteiger partial charge >= 0.3 is 0 Å². The van der Waals surface area contributed by atoms with Crippen LogP contribution in [0.5, 0.6) is 5.75 Å². The number of ether oxygens (including phenoxy) is 1. The molecule has 0 aliphatic heterocycles. The zero-order valence-corrected chi connectivity index (χ0v) is 16.7. The predicted octanol–water partition coefficient (Wildman–Crippen LogP) is 5.23. The van der Waals surface area contributed by atoms with Gasteiger partial charge < -0.3 is 14.2 Å². The fourth-order valence-corrected chi connectivity index (χ4v) is 3.62. The topological polar surface area (TPSA) is 34.5 Å². The Bertz CT molecular complexity index is 905. The predicted molar refractivity (Wildman–Crippen MR) is 112 cm³/mol. The van der Waals surface area contributed by atoms with E-state index in [2.05, 4.69) is 36.6 Å². The van der Waals surface area contributed by atoms with Crippen LogP contribution in [-0.4, -0.2) is 35.6 Å². The van der Waals surface area contributed by atoms with Gasteiger partial charge in [-0.2, -0.15) is 0 Å². The molecule has 144 valence electrons. The lowest BCUT2D eigenvalue weighted by atomic mass is 10.1. The summed E-state index contributed by atoms with van der Waals surface area (Å²) in [5, 5.41) is 2.34. The number of carbonyl (C=O) groups excluding carboxylic acids is 1. The third-order valence-electron chi connectivity index (χ3n) is 5.19. The molecule has 4 heteroatoms. The molecule has 3 rings (SSSR count). The van der Waals surface area contributed by atoms with Gasteiger partial charge in [-0.15, -0.1) is 0 Å². The highest BCUT2D eigenvalue weighted by Gasteiger charge is 2.17.